The van der Waals surface area contributed by atoms with Crippen molar-refractivity contribution in [2.75, 3.05) is 4.90 Å². The van der Waals surface area contributed by atoms with E-state index in [1.165, 1.54) is 89.0 Å². The van der Waals surface area contributed by atoms with Crippen LogP contribution in [0, 0.1) is 0 Å². The highest BCUT2D eigenvalue weighted by molar-refractivity contribution is 5.92. The molecule has 9 aromatic rings. The molecule has 0 unspecified atom stereocenters. The van der Waals surface area contributed by atoms with Gasteiger partial charge in [-0.1, -0.05) is 198 Å². The van der Waals surface area contributed by atoms with Crippen LogP contribution in [-0.4, -0.2) is 0 Å². The van der Waals surface area contributed by atoms with Gasteiger partial charge in [-0.3, -0.25) is 0 Å². The molecule has 11 rings (SSSR count). The number of hydrogen-bond acceptors (Lipinski definition) is 1. The summed E-state index contributed by atoms with van der Waals surface area (Å²) in [5.41, 5.74) is 23.8. The van der Waals surface area contributed by atoms with E-state index >= 15 is 0 Å². The van der Waals surface area contributed by atoms with E-state index in [0.717, 1.165) is 17.1 Å². The average Bonchev–Trinajstić information content (AvgIpc) is 3.68. The van der Waals surface area contributed by atoms with E-state index in [1.807, 2.05) is 0 Å². The first-order valence-corrected chi connectivity index (χ1v) is 21.5. The maximum Gasteiger partial charge on any atom is 0.0540 e. The van der Waals surface area contributed by atoms with Crippen LogP contribution in [-0.2, 0) is 10.8 Å². The third-order valence-electron chi connectivity index (χ3n) is 13.5. The average molecular weight is 782 g/mol. The van der Waals surface area contributed by atoms with Crippen molar-refractivity contribution in [2.24, 2.45) is 0 Å². The van der Waals surface area contributed by atoms with Gasteiger partial charge in [0.1, 0.15) is 0 Å². The van der Waals surface area contributed by atoms with Gasteiger partial charge in [0.05, 0.1) is 5.69 Å². The lowest BCUT2D eigenvalue weighted by Crippen LogP contribution is -2.17. The summed E-state index contributed by atoms with van der Waals surface area (Å²) in [4.78, 5) is 2.45. The SMILES string of the molecule is CC1(C)c2ccccc2-c2ccc(-c3ccc(N(c4ccc5c(c4)C(C)(C)c4cc(-c6ccc(-c7ccccc7)cc6)ccc4-5)c4ccccc4-c4ccccc4)cc3)cc21. The van der Waals surface area contributed by atoms with Gasteiger partial charge in [0.15, 0.2) is 0 Å². The topological polar surface area (TPSA) is 3.24 Å². The molecule has 0 atom stereocenters. The number of nitrogens with zero attached hydrogens (tertiary/aromatic N) is 1. The molecular weight excluding hydrogens is 735 g/mol. The molecule has 0 aliphatic heterocycles. The molecule has 0 N–H and O–H groups in total. The summed E-state index contributed by atoms with van der Waals surface area (Å²) >= 11 is 0. The fourth-order valence-electron chi connectivity index (χ4n) is 10.2. The van der Waals surface area contributed by atoms with Gasteiger partial charge >= 0.3 is 0 Å². The largest absolute Gasteiger partial charge is 0.310 e. The van der Waals surface area contributed by atoms with Crippen LogP contribution >= 0.6 is 0 Å². The lowest BCUT2D eigenvalue weighted by Gasteiger charge is -2.30. The van der Waals surface area contributed by atoms with Crippen LogP contribution in [0.2, 0.25) is 0 Å². The van der Waals surface area contributed by atoms with Crippen LogP contribution in [0.3, 0.4) is 0 Å². The molecule has 0 amide bonds. The van der Waals surface area contributed by atoms with E-state index in [4.69, 9.17) is 0 Å². The third kappa shape index (κ3) is 6.07. The van der Waals surface area contributed by atoms with Gasteiger partial charge in [0.2, 0.25) is 0 Å². The zero-order valence-electron chi connectivity index (χ0n) is 35.2. The van der Waals surface area contributed by atoms with Crippen LogP contribution in [0.5, 0.6) is 0 Å². The van der Waals surface area contributed by atoms with Gasteiger partial charge in [0.25, 0.3) is 0 Å². The second-order valence-corrected chi connectivity index (χ2v) is 17.8. The summed E-state index contributed by atoms with van der Waals surface area (Å²) < 4.78 is 0. The zero-order chi connectivity index (χ0) is 41.3. The van der Waals surface area contributed by atoms with E-state index in [0.29, 0.717) is 0 Å². The highest BCUT2D eigenvalue weighted by Gasteiger charge is 2.37. The van der Waals surface area contributed by atoms with Gasteiger partial charge in [-0.25, -0.2) is 0 Å². The molecule has 1 heteroatoms. The molecule has 2 aliphatic rings. The third-order valence-corrected chi connectivity index (χ3v) is 13.5. The Bertz CT molecular complexity index is 3100. The number of para-hydroxylation sites is 1. The summed E-state index contributed by atoms with van der Waals surface area (Å²) in [6, 6.07) is 78.4. The predicted octanol–water partition coefficient (Wildman–Crippen LogP) is 16.4. The van der Waals surface area contributed by atoms with Crippen LogP contribution < -0.4 is 4.90 Å². The number of anilines is 3. The normalized spacial score (nSPS) is 13.8. The summed E-state index contributed by atoms with van der Waals surface area (Å²) in [6.45, 7) is 9.48. The molecule has 0 radical (unpaired) electrons. The van der Waals surface area contributed by atoms with Crippen molar-refractivity contribution in [1.29, 1.82) is 0 Å². The van der Waals surface area contributed by atoms with Gasteiger partial charge in [-0.05, 0) is 126 Å². The molecule has 1 nitrogen and oxygen atoms in total. The Morgan fingerprint density at radius 3 is 1.25 bits per heavy atom. The highest BCUT2D eigenvalue weighted by Crippen LogP contribution is 2.53. The van der Waals surface area contributed by atoms with Gasteiger partial charge in [-0.2, -0.15) is 0 Å². The van der Waals surface area contributed by atoms with Crippen molar-refractivity contribution < 1.29 is 0 Å². The van der Waals surface area contributed by atoms with Gasteiger partial charge in [-0.15, -0.1) is 0 Å². The van der Waals surface area contributed by atoms with Crippen molar-refractivity contribution in [1.82, 2.24) is 0 Å². The Balaban J connectivity index is 0.981. The Kier molecular flexibility index (Phi) is 8.58. The molecule has 0 aromatic heterocycles. The monoisotopic (exact) mass is 781 g/mol. The molecule has 2 aliphatic carbocycles. The van der Waals surface area contributed by atoms with Crippen molar-refractivity contribution in [2.45, 2.75) is 38.5 Å². The highest BCUT2D eigenvalue weighted by atomic mass is 15.1. The zero-order valence-corrected chi connectivity index (χ0v) is 35.2. The Hall–Kier alpha value is -7.22. The van der Waals surface area contributed by atoms with Crippen molar-refractivity contribution >= 4 is 17.1 Å². The summed E-state index contributed by atoms with van der Waals surface area (Å²) in [6.07, 6.45) is 0. The first kappa shape index (κ1) is 36.8. The van der Waals surface area contributed by atoms with Crippen LogP contribution in [0.25, 0.3) is 66.8 Å². The quantitative estimate of drug-likeness (QED) is 0.156. The van der Waals surface area contributed by atoms with E-state index in [-0.39, 0.29) is 10.8 Å². The second kappa shape index (κ2) is 14.2. The first-order valence-electron chi connectivity index (χ1n) is 21.5. The van der Waals surface area contributed by atoms with E-state index in [1.54, 1.807) is 0 Å². The lowest BCUT2D eigenvalue weighted by molar-refractivity contribution is 0.660. The Morgan fingerprint density at radius 1 is 0.262 bits per heavy atom. The number of fused-ring (bicyclic) bond motifs is 6. The molecule has 0 saturated carbocycles. The number of rotatable bonds is 7. The fourth-order valence-corrected chi connectivity index (χ4v) is 10.2. The summed E-state index contributed by atoms with van der Waals surface area (Å²) in [5, 5.41) is 0. The fraction of sp³-hybridized carbons (Fsp3) is 0.100. The van der Waals surface area contributed by atoms with Crippen LogP contribution in [0.1, 0.15) is 49.9 Å². The molecular formula is C60H47N. The minimum atomic E-state index is -0.198. The summed E-state index contributed by atoms with van der Waals surface area (Å²) in [5.74, 6) is 0. The van der Waals surface area contributed by atoms with Gasteiger partial charge < -0.3 is 4.90 Å². The van der Waals surface area contributed by atoms with Crippen LogP contribution in [0.15, 0.2) is 212 Å². The molecule has 61 heavy (non-hydrogen) atoms. The minimum Gasteiger partial charge on any atom is -0.310 e. The standard InChI is InChI=1S/C60H47N/c1-59(2)54-21-13-11-20-50(54)51-34-29-46(37-55(51)59)43-27-31-47(32-28-43)61(58-22-14-12-19-49(58)44-17-9-6-10-18-44)48-33-36-53-52-35-30-45(38-56(52)60(3,4)57(53)39-48)42-25-23-41(24-26-42)40-15-7-5-8-16-40/h5-39H,1-4H3. The van der Waals surface area contributed by atoms with Crippen LogP contribution in [0.4, 0.5) is 17.1 Å². The second-order valence-electron chi connectivity index (χ2n) is 17.8. The van der Waals surface area contributed by atoms with Crippen molar-refractivity contribution in [3.8, 4) is 66.8 Å². The Labute approximate surface area is 360 Å². The molecule has 0 fully saturated rings. The Morgan fingerprint density at radius 2 is 0.639 bits per heavy atom. The summed E-state index contributed by atoms with van der Waals surface area (Å²) in [7, 11) is 0. The van der Waals surface area contributed by atoms with Crippen molar-refractivity contribution in [3.63, 3.8) is 0 Å². The molecule has 0 spiro atoms. The minimum absolute atomic E-state index is 0.0451. The number of hydrogen-bond donors (Lipinski definition) is 0. The first-order chi connectivity index (χ1) is 29.8. The molecule has 0 saturated heterocycles. The van der Waals surface area contributed by atoms with E-state index < -0.39 is 0 Å². The predicted molar refractivity (Wildman–Crippen MR) is 258 cm³/mol. The van der Waals surface area contributed by atoms with E-state index in [9.17, 15) is 0 Å². The molecule has 292 valence electrons. The smallest absolute Gasteiger partial charge is 0.0540 e. The maximum atomic E-state index is 2.45. The molecule has 0 heterocycles. The van der Waals surface area contributed by atoms with Gasteiger partial charge in [0, 0.05) is 27.8 Å². The maximum absolute atomic E-state index is 2.45. The lowest BCUT2D eigenvalue weighted by atomic mass is 9.81. The molecule has 0 bridgehead atoms. The van der Waals surface area contributed by atoms with E-state index in [2.05, 4.69) is 245 Å². The number of benzene rings is 9. The van der Waals surface area contributed by atoms with Crippen molar-refractivity contribution in [3.05, 3.63) is 235 Å². The molecule has 9 aromatic carbocycles.